The van der Waals surface area contributed by atoms with Crippen molar-refractivity contribution in [1.82, 2.24) is 15.0 Å². The Labute approximate surface area is 97.5 Å². The Kier molecular flexibility index (Phi) is 3.05. The van der Waals surface area contributed by atoms with Crippen LogP contribution in [0.5, 0.6) is 0 Å². The Morgan fingerprint density at radius 3 is 3.00 bits per heavy atom. The van der Waals surface area contributed by atoms with Crippen LogP contribution in [0.2, 0.25) is 0 Å². The van der Waals surface area contributed by atoms with Gasteiger partial charge in [0.05, 0.1) is 5.52 Å². The molecule has 0 saturated carbocycles. The van der Waals surface area contributed by atoms with Gasteiger partial charge in [-0.1, -0.05) is 13.8 Å². The number of aryl methyl sites for hydroxylation is 1. The van der Waals surface area contributed by atoms with Crippen molar-refractivity contribution in [2.75, 3.05) is 0 Å². The van der Waals surface area contributed by atoms with Gasteiger partial charge in [0.1, 0.15) is 5.82 Å². The number of aromatic amines is 1. The average molecular weight is 268 g/mol. The summed E-state index contributed by atoms with van der Waals surface area (Å²) in [5.41, 5.74) is 1.81. The molecule has 0 saturated heterocycles. The maximum atomic E-state index is 4.44. The zero-order valence-corrected chi connectivity index (χ0v) is 10.5. The number of aromatic nitrogens is 3. The summed E-state index contributed by atoms with van der Waals surface area (Å²) < 4.78 is 0.981. The predicted octanol–water partition coefficient (Wildman–Crippen LogP) is 3.31. The summed E-state index contributed by atoms with van der Waals surface area (Å²) in [6.07, 6.45) is 3.92. The minimum atomic E-state index is 0.706. The van der Waals surface area contributed by atoms with Gasteiger partial charge in [-0.05, 0) is 34.3 Å². The molecule has 0 aliphatic carbocycles. The van der Waals surface area contributed by atoms with Crippen LogP contribution in [0.3, 0.4) is 0 Å². The largest absolute Gasteiger partial charge is 0.341 e. The summed E-state index contributed by atoms with van der Waals surface area (Å²) in [5, 5.41) is 0. The maximum absolute atomic E-state index is 4.44. The van der Waals surface area contributed by atoms with Crippen LogP contribution in [-0.4, -0.2) is 15.0 Å². The van der Waals surface area contributed by atoms with Gasteiger partial charge in [0.2, 0.25) is 0 Å². The Morgan fingerprint density at radius 2 is 2.27 bits per heavy atom. The first-order chi connectivity index (χ1) is 7.15. The Hall–Kier alpha value is -0.900. The summed E-state index contributed by atoms with van der Waals surface area (Å²) >= 11 is 3.39. The summed E-state index contributed by atoms with van der Waals surface area (Å²) in [5.74, 6) is 1.74. The first-order valence-corrected chi connectivity index (χ1v) is 5.94. The number of imidazole rings is 1. The molecule has 0 aliphatic heterocycles. The van der Waals surface area contributed by atoms with Gasteiger partial charge in [-0.25, -0.2) is 9.97 Å². The van der Waals surface area contributed by atoms with Crippen LogP contribution in [0.4, 0.5) is 0 Å². The zero-order chi connectivity index (χ0) is 10.8. The van der Waals surface area contributed by atoms with Crippen molar-refractivity contribution in [3.05, 3.63) is 22.6 Å². The van der Waals surface area contributed by atoms with E-state index in [1.165, 1.54) is 0 Å². The minimum Gasteiger partial charge on any atom is -0.341 e. The molecule has 0 aliphatic rings. The molecule has 2 heterocycles. The van der Waals surface area contributed by atoms with Crippen molar-refractivity contribution in [1.29, 1.82) is 0 Å². The molecule has 3 nitrogen and oxygen atoms in total. The number of hydrogen-bond donors (Lipinski definition) is 1. The Balaban J connectivity index is 2.23. The van der Waals surface area contributed by atoms with Crippen molar-refractivity contribution in [2.45, 2.75) is 26.7 Å². The lowest BCUT2D eigenvalue weighted by atomic mass is 10.1. The van der Waals surface area contributed by atoms with Gasteiger partial charge in [0, 0.05) is 17.1 Å². The van der Waals surface area contributed by atoms with Crippen LogP contribution in [-0.2, 0) is 6.42 Å². The van der Waals surface area contributed by atoms with Crippen LogP contribution >= 0.6 is 15.9 Å². The number of hydrogen-bond acceptors (Lipinski definition) is 2. The minimum absolute atomic E-state index is 0.706. The number of pyridine rings is 1. The van der Waals surface area contributed by atoms with E-state index < -0.39 is 0 Å². The molecule has 2 aromatic rings. The van der Waals surface area contributed by atoms with Crippen LogP contribution in [0.1, 0.15) is 26.1 Å². The summed E-state index contributed by atoms with van der Waals surface area (Å²) in [7, 11) is 0. The molecule has 1 N–H and O–H groups in total. The van der Waals surface area contributed by atoms with Gasteiger partial charge in [-0.15, -0.1) is 0 Å². The fraction of sp³-hybridized carbons (Fsp3) is 0.455. The zero-order valence-electron chi connectivity index (χ0n) is 8.92. The standard InChI is InChI=1S/C11H14BrN3/c1-7(2)3-4-10-14-9-5-8(12)6-13-11(9)15-10/h5-7H,3-4H2,1-2H3,(H,13,14,15). The number of halogens is 1. The van der Waals surface area contributed by atoms with Gasteiger partial charge in [0.25, 0.3) is 0 Å². The van der Waals surface area contributed by atoms with Gasteiger partial charge in [0.15, 0.2) is 5.65 Å². The Bertz CT molecular complexity index is 462. The van der Waals surface area contributed by atoms with Crippen LogP contribution < -0.4 is 0 Å². The summed E-state index contributed by atoms with van der Waals surface area (Å²) in [4.78, 5) is 12.0. The highest BCUT2D eigenvalue weighted by Crippen LogP contribution is 2.16. The summed E-state index contributed by atoms with van der Waals surface area (Å²) in [6, 6.07) is 2.01. The normalized spacial score (nSPS) is 11.5. The fourth-order valence-corrected chi connectivity index (χ4v) is 1.80. The average Bonchev–Trinajstić information content (AvgIpc) is 2.56. The molecule has 4 heteroatoms. The molecule has 0 fully saturated rings. The van der Waals surface area contributed by atoms with Gasteiger partial charge in [-0.3, -0.25) is 0 Å². The van der Waals surface area contributed by atoms with E-state index in [-0.39, 0.29) is 0 Å². The van der Waals surface area contributed by atoms with E-state index in [2.05, 4.69) is 44.7 Å². The molecule has 0 radical (unpaired) electrons. The van der Waals surface area contributed by atoms with Crippen LogP contribution in [0.25, 0.3) is 11.2 Å². The molecule has 0 unspecified atom stereocenters. The highest BCUT2D eigenvalue weighted by atomic mass is 79.9. The SMILES string of the molecule is CC(C)CCc1nc2ncc(Br)cc2[nH]1. The van der Waals surface area contributed by atoms with E-state index in [9.17, 15) is 0 Å². The second-order valence-electron chi connectivity index (χ2n) is 4.14. The van der Waals surface area contributed by atoms with E-state index in [4.69, 9.17) is 0 Å². The second kappa shape index (κ2) is 4.31. The number of nitrogens with one attached hydrogen (secondary N) is 1. The van der Waals surface area contributed by atoms with Crippen LogP contribution in [0, 0.1) is 5.92 Å². The topological polar surface area (TPSA) is 41.6 Å². The number of fused-ring (bicyclic) bond motifs is 1. The molecule has 2 rings (SSSR count). The van der Waals surface area contributed by atoms with Gasteiger partial charge in [-0.2, -0.15) is 0 Å². The number of rotatable bonds is 3. The highest BCUT2D eigenvalue weighted by Gasteiger charge is 2.04. The van der Waals surface area contributed by atoms with Crippen molar-refractivity contribution in [3.63, 3.8) is 0 Å². The lowest BCUT2D eigenvalue weighted by Crippen LogP contribution is -1.93. The molecular weight excluding hydrogens is 254 g/mol. The van der Waals surface area contributed by atoms with Crippen molar-refractivity contribution in [3.8, 4) is 0 Å². The third-order valence-electron chi connectivity index (χ3n) is 2.31. The monoisotopic (exact) mass is 267 g/mol. The van der Waals surface area contributed by atoms with E-state index in [0.29, 0.717) is 5.92 Å². The van der Waals surface area contributed by atoms with Gasteiger partial charge >= 0.3 is 0 Å². The molecule has 80 valence electrons. The van der Waals surface area contributed by atoms with E-state index in [1.807, 2.05) is 6.07 Å². The van der Waals surface area contributed by atoms with Crippen molar-refractivity contribution >= 4 is 27.1 Å². The van der Waals surface area contributed by atoms with E-state index in [1.54, 1.807) is 6.20 Å². The van der Waals surface area contributed by atoms with Gasteiger partial charge < -0.3 is 4.98 Å². The van der Waals surface area contributed by atoms with E-state index in [0.717, 1.165) is 34.3 Å². The maximum Gasteiger partial charge on any atom is 0.177 e. The molecule has 0 atom stereocenters. The molecule has 15 heavy (non-hydrogen) atoms. The first kappa shape index (κ1) is 10.6. The second-order valence-corrected chi connectivity index (χ2v) is 5.06. The lowest BCUT2D eigenvalue weighted by Gasteiger charge is -2.00. The quantitative estimate of drug-likeness (QED) is 0.927. The molecule has 0 bridgehead atoms. The fourth-order valence-electron chi connectivity index (χ4n) is 1.47. The third kappa shape index (κ3) is 2.56. The van der Waals surface area contributed by atoms with Crippen molar-refractivity contribution < 1.29 is 0 Å². The van der Waals surface area contributed by atoms with E-state index >= 15 is 0 Å². The first-order valence-electron chi connectivity index (χ1n) is 5.15. The molecule has 2 aromatic heterocycles. The third-order valence-corrected chi connectivity index (χ3v) is 2.75. The molecule has 0 amide bonds. The van der Waals surface area contributed by atoms with Crippen LogP contribution in [0.15, 0.2) is 16.7 Å². The number of H-pyrrole nitrogens is 1. The summed E-state index contributed by atoms with van der Waals surface area (Å²) in [6.45, 7) is 4.44. The molecule has 0 spiro atoms. The lowest BCUT2D eigenvalue weighted by molar-refractivity contribution is 0.577. The Morgan fingerprint density at radius 1 is 1.47 bits per heavy atom. The predicted molar refractivity (Wildman–Crippen MR) is 64.7 cm³/mol. The number of nitrogens with zero attached hydrogens (tertiary/aromatic N) is 2. The molecule has 0 aromatic carbocycles. The smallest absolute Gasteiger partial charge is 0.177 e. The van der Waals surface area contributed by atoms with Crippen molar-refractivity contribution in [2.24, 2.45) is 5.92 Å². The highest BCUT2D eigenvalue weighted by molar-refractivity contribution is 9.10. The molecular formula is C11H14BrN3.